The molecule has 1 fully saturated rings. The molecule has 5 rings (SSSR count). The first-order valence-corrected chi connectivity index (χ1v) is 11.0. The number of aromatic nitrogens is 4. The van der Waals surface area contributed by atoms with Crippen LogP contribution in [0, 0.1) is 12.8 Å². The molecule has 0 spiro atoms. The molecular weight excluding hydrogens is 428 g/mol. The van der Waals surface area contributed by atoms with Crippen molar-refractivity contribution in [2.24, 2.45) is 5.92 Å². The number of amides is 2. The number of carbonyl (C=O) groups excluding carboxylic acids is 2. The summed E-state index contributed by atoms with van der Waals surface area (Å²) in [6.07, 6.45) is 6.81. The van der Waals surface area contributed by atoms with Crippen molar-refractivity contribution in [1.29, 1.82) is 0 Å². The van der Waals surface area contributed by atoms with E-state index in [1.165, 1.54) is 6.20 Å². The quantitative estimate of drug-likeness (QED) is 0.447. The topological polar surface area (TPSA) is 110 Å². The first-order valence-electron chi connectivity index (χ1n) is 11.0. The summed E-state index contributed by atoms with van der Waals surface area (Å²) in [5.41, 5.74) is 5.50. The van der Waals surface area contributed by atoms with Gasteiger partial charge in [0.25, 0.3) is 5.91 Å². The van der Waals surface area contributed by atoms with E-state index in [4.69, 9.17) is 0 Å². The highest BCUT2D eigenvalue weighted by Crippen LogP contribution is 2.31. The summed E-state index contributed by atoms with van der Waals surface area (Å²) in [5, 5.41) is 13.4. The number of aryl methyl sites for hydroxylation is 1. The third-order valence-electron chi connectivity index (χ3n) is 5.63. The van der Waals surface area contributed by atoms with Gasteiger partial charge in [-0.05, 0) is 85.0 Å². The van der Waals surface area contributed by atoms with Crippen LogP contribution in [0.3, 0.4) is 0 Å². The van der Waals surface area contributed by atoms with Gasteiger partial charge in [0.2, 0.25) is 5.91 Å². The van der Waals surface area contributed by atoms with Gasteiger partial charge in [-0.25, -0.2) is 4.98 Å². The minimum absolute atomic E-state index is 0.0160. The van der Waals surface area contributed by atoms with Crippen LogP contribution in [0.4, 0.5) is 11.5 Å². The maximum atomic E-state index is 12.5. The van der Waals surface area contributed by atoms with Gasteiger partial charge < -0.3 is 10.6 Å². The SMILES string of the molecule is Cc1ccc(NC(=O)c2cccnn2)cc1-c1ccnc(-c2ccnc(NC(=O)C3CC3)c2)c1. The number of nitrogens with zero attached hydrogens (tertiary/aromatic N) is 4. The largest absolute Gasteiger partial charge is 0.321 e. The molecule has 34 heavy (non-hydrogen) atoms. The number of hydrogen-bond acceptors (Lipinski definition) is 6. The lowest BCUT2D eigenvalue weighted by molar-refractivity contribution is -0.117. The predicted octanol–water partition coefficient (Wildman–Crippen LogP) is 4.51. The van der Waals surface area contributed by atoms with Crippen LogP contribution < -0.4 is 10.6 Å². The van der Waals surface area contributed by atoms with Crippen molar-refractivity contribution in [2.75, 3.05) is 10.6 Å². The number of pyridine rings is 2. The molecule has 0 unspecified atom stereocenters. The van der Waals surface area contributed by atoms with Crippen molar-refractivity contribution < 1.29 is 9.59 Å². The molecule has 0 aliphatic heterocycles. The van der Waals surface area contributed by atoms with Gasteiger partial charge >= 0.3 is 0 Å². The molecule has 168 valence electrons. The van der Waals surface area contributed by atoms with Gasteiger partial charge in [0.1, 0.15) is 5.82 Å². The number of anilines is 2. The van der Waals surface area contributed by atoms with Crippen LogP contribution >= 0.6 is 0 Å². The van der Waals surface area contributed by atoms with E-state index < -0.39 is 0 Å². The molecule has 1 aliphatic rings. The van der Waals surface area contributed by atoms with E-state index in [9.17, 15) is 9.59 Å². The minimum Gasteiger partial charge on any atom is -0.321 e. The molecule has 1 aliphatic carbocycles. The van der Waals surface area contributed by atoms with Crippen molar-refractivity contribution in [1.82, 2.24) is 20.2 Å². The van der Waals surface area contributed by atoms with Crippen molar-refractivity contribution in [3.63, 3.8) is 0 Å². The number of carbonyl (C=O) groups is 2. The van der Waals surface area contributed by atoms with E-state index in [0.29, 0.717) is 11.5 Å². The van der Waals surface area contributed by atoms with Crippen LogP contribution in [0.15, 0.2) is 73.2 Å². The molecule has 2 N–H and O–H groups in total. The van der Waals surface area contributed by atoms with Gasteiger partial charge in [-0.1, -0.05) is 6.07 Å². The summed E-state index contributed by atoms with van der Waals surface area (Å²) in [6.45, 7) is 2.02. The second-order valence-electron chi connectivity index (χ2n) is 8.22. The van der Waals surface area contributed by atoms with Gasteiger partial charge in [0.15, 0.2) is 5.69 Å². The van der Waals surface area contributed by atoms with Gasteiger partial charge in [-0.2, -0.15) is 5.10 Å². The smallest absolute Gasteiger partial charge is 0.276 e. The zero-order valence-corrected chi connectivity index (χ0v) is 18.5. The standard InChI is InChI=1S/C26H22N6O2/c1-16-4-7-20(30-26(34)22-3-2-10-29-32-22)15-21(16)18-8-11-27-23(13-18)19-9-12-28-24(14-19)31-25(33)17-5-6-17/h2-4,7-15,17H,5-6H2,1H3,(H,30,34)(H,28,31,33). The monoisotopic (exact) mass is 450 g/mol. The van der Waals surface area contributed by atoms with Gasteiger partial charge in [0, 0.05) is 35.8 Å². The highest BCUT2D eigenvalue weighted by molar-refractivity contribution is 6.03. The lowest BCUT2D eigenvalue weighted by atomic mass is 9.99. The lowest BCUT2D eigenvalue weighted by Crippen LogP contribution is -2.14. The van der Waals surface area contributed by atoms with E-state index in [1.807, 2.05) is 49.4 Å². The summed E-state index contributed by atoms with van der Waals surface area (Å²) in [4.78, 5) is 33.4. The Balaban J connectivity index is 1.40. The van der Waals surface area contributed by atoms with Crippen molar-refractivity contribution >= 4 is 23.3 Å². The molecule has 8 nitrogen and oxygen atoms in total. The molecule has 0 radical (unpaired) electrons. The Bertz CT molecular complexity index is 1370. The maximum absolute atomic E-state index is 12.5. The number of hydrogen-bond donors (Lipinski definition) is 2. The van der Waals surface area contributed by atoms with E-state index in [0.717, 1.165) is 40.8 Å². The average molecular weight is 451 g/mol. The predicted molar refractivity (Wildman–Crippen MR) is 129 cm³/mol. The molecule has 8 heteroatoms. The first-order chi connectivity index (χ1) is 16.6. The number of rotatable bonds is 6. The molecule has 3 aromatic heterocycles. The third kappa shape index (κ3) is 4.80. The normalized spacial score (nSPS) is 12.7. The van der Waals surface area contributed by atoms with E-state index in [-0.39, 0.29) is 23.4 Å². The minimum atomic E-state index is -0.323. The van der Waals surface area contributed by atoms with Crippen LogP contribution in [0.5, 0.6) is 0 Å². The summed E-state index contributed by atoms with van der Waals surface area (Å²) in [7, 11) is 0. The zero-order chi connectivity index (χ0) is 23.5. The Labute approximate surface area is 196 Å². The van der Waals surface area contributed by atoms with Crippen LogP contribution in [-0.4, -0.2) is 32.0 Å². The van der Waals surface area contributed by atoms with Gasteiger partial charge in [-0.3, -0.25) is 14.6 Å². The molecule has 0 bridgehead atoms. The second kappa shape index (κ2) is 9.19. The maximum Gasteiger partial charge on any atom is 0.276 e. The van der Waals surface area contributed by atoms with Crippen molar-refractivity contribution in [3.05, 3.63) is 84.4 Å². The Morgan fingerprint density at radius 1 is 0.882 bits per heavy atom. The Morgan fingerprint density at radius 2 is 1.71 bits per heavy atom. The van der Waals surface area contributed by atoms with Gasteiger partial charge in [-0.15, -0.1) is 5.10 Å². The third-order valence-corrected chi connectivity index (χ3v) is 5.63. The molecule has 0 saturated heterocycles. The first kappa shape index (κ1) is 21.4. The van der Waals surface area contributed by atoms with Crippen LogP contribution in [0.2, 0.25) is 0 Å². The summed E-state index contributed by atoms with van der Waals surface area (Å²) < 4.78 is 0. The molecule has 0 atom stereocenters. The van der Waals surface area contributed by atoms with E-state index in [1.54, 1.807) is 24.5 Å². The summed E-state index contributed by atoms with van der Waals surface area (Å²) in [6, 6.07) is 16.6. The van der Waals surface area contributed by atoms with Gasteiger partial charge in [0.05, 0.1) is 5.69 Å². The number of benzene rings is 1. The van der Waals surface area contributed by atoms with Crippen LogP contribution in [0.1, 0.15) is 28.9 Å². The van der Waals surface area contributed by atoms with Crippen molar-refractivity contribution in [3.8, 4) is 22.4 Å². The second-order valence-corrected chi connectivity index (χ2v) is 8.22. The molecule has 2 amide bonds. The molecule has 3 heterocycles. The highest BCUT2D eigenvalue weighted by atomic mass is 16.2. The average Bonchev–Trinajstić information content (AvgIpc) is 3.72. The molecule has 1 aromatic carbocycles. The fourth-order valence-corrected chi connectivity index (χ4v) is 3.62. The highest BCUT2D eigenvalue weighted by Gasteiger charge is 2.29. The Kier molecular flexibility index (Phi) is 5.78. The fraction of sp³-hybridized carbons (Fsp3) is 0.154. The molecular formula is C26H22N6O2. The van der Waals surface area contributed by atoms with Crippen molar-refractivity contribution in [2.45, 2.75) is 19.8 Å². The lowest BCUT2D eigenvalue weighted by Gasteiger charge is -2.12. The fourth-order valence-electron chi connectivity index (χ4n) is 3.62. The van der Waals surface area contributed by atoms with E-state index in [2.05, 4.69) is 30.8 Å². The molecule has 4 aromatic rings. The zero-order valence-electron chi connectivity index (χ0n) is 18.5. The Morgan fingerprint density at radius 3 is 2.50 bits per heavy atom. The molecule has 1 saturated carbocycles. The van der Waals surface area contributed by atoms with Crippen LogP contribution in [0.25, 0.3) is 22.4 Å². The summed E-state index contributed by atoms with van der Waals surface area (Å²) >= 11 is 0. The summed E-state index contributed by atoms with van der Waals surface area (Å²) in [5.74, 6) is 0.321. The van der Waals surface area contributed by atoms with E-state index >= 15 is 0 Å². The Hall–Kier alpha value is -4.46. The van der Waals surface area contributed by atoms with Crippen LogP contribution in [-0.2, 0) is 4.79 Å². The number of nitrogens with one attached hydrogen (secondary N) is 2.